The molecule has 1 aromatic rings. The molecule has 0 aliphatic rings. The van der Waals surface area contributed by atoms with Gasteiger partial charge in [0.2, 0.25) is 5.91 Å². The zero-order valence-electron chi connectivity index (χ0n) is 16.1. The highest BCUT2D eigenvalue weighted by Gasteiger charge is 2.03. The van der Waals surface area contributed by atoms with E-state index in [1.54, 1.807) is 7.05 Å². The molecule has 0 bridgehead atoms. The average Bonchev–Trinajstić information content (AvgIpc) is 2.61. The standard InChI is InChI=1S/C19H32N4O2.HI/c1-16(2)10-13-25-14-12-22-19(20-3)23-15-18(24)21-11-9-17-7-5-4-6-8-17;/h4-8,16H,9-15H2,1-3H3,(H,21,24)(H2,20,22,23);1H. The minimum atomic E-state index is -0.0490. The van der Waals surface area contributed by atoms with Crippen molar-refractivity contribution in [3.8, 4) is 0 Å². The summed E-state index contributed by atoms with van der Waals surface area (Å²) in [4.78, 5) is 15.9. The SMILES string of the molecule is CN=C(NCCOCCC(C)C)NCC(=O)NCCc1ccccc1.I. The zero-order chi connectivity index (χ0) is 18.3. The van der Waals surface area contributed by atoms with Crippen LogP contribution >= 0.6 is 24.0 Å². The van der Waals surface area contributed by atoms with E-state index in [0.717, 1.165) is 19.4 Å². The zero-order valence-corrected chi connectivity index (χ0v) is 18.4. The number of aliphatic imine (C=N–C) groups is 1. The molecule has 6 nitrogen and oxygen atoms in total. The van der Waals surface area contributed by atoms with Crippen molar-refractivity contribution in [1.29, 1.82) is 0 Å². The van der Waals surface area contributed by atoms with E-state index in [9.17, 15) is 4.79 Å². The number of nitrogens with zero attached hydrogens (tertiary/aromatic N) is 1. The number of rotatable bonds is 11. The Hall–Kier alpha value is -1.35. The number of hydrogen-bond acceptors (Lipinski definition) is 3. The Kier molecular flexibility index (Phi) is 15.0. The molecule has 148 valence electrons. The second kappa shape index (κ2) is 15.9. The summed E-state index contributed by atoms with van der Waals surface area (Å²) in [5.41, 5.74) is 1.21. The molecule has 1 amide bonds. The highest BCUT2D eigenvalue weighted by atomic mass is 127. The topological polar surface area (TPSA) is 74.8 Å². The molecule has 0 fully saturated rings. The first-order valence-electron chi connectivity index (χ1n) is 8.94. The van der Waals surface area contributed by atoms with Crippen LogP contribution in [0.4, 0.5) is 0 Å². The van der Waals surface area contributed by atoms with Gasteiger partial charge in [0.1, 0.15) is 0 Å². The Morgan fingerprint density at radius 1 is 1.08 bits per heavy atom. The third-order valence-corrected chi connectivity index (χ3v) is 3.60. The first-order chi connectivity index (χ1) is 12.1. The van der Waals surface area contributed by atoms with Gasteiger partial charge >= 0.3 is 0 Å². The van der Waals surface area contributed by atoms with E-state index in [0.29, 0.717) is 31.6 Å². The first kappa shape index (κ1) is 24.7. The van der Waals surface area contributed by atoms with Crippen molar-refractivity contribution < 1.29 is 9.53 Å². The van der Waals surface area contributed by atoms with Crippen LogP contribution in [0.3, 0.4) is 0 Å². The van der Waals surface area contributed by atoms with Gasteiger partial charge < -0.3 is 20.7 Å². The van der Waals surface area contributed by atoms with Crippen LogP contribution in [0.2, 0.25) is 0 Å². The van der Waals surface area contributed by atoms with Gasteiger partial charge in [-0.05, 0) is 24.3 Å². The Morgan fingerprint density at radius 3 is 2.46 bits per heavy atom. The molecule has 0 radical (unpaired) electrons. The molecule has 0 saturated carbocycles. The summed E-state index contributed by atoms with van der Waals surface area (Å²) in [5, 5.41) is 9.02. The second-order valence-corrected chi connectivity index (χ2v) is 6.23. The summed E-state index contributed by atoms with van der Waals surface area (Å²) in [6.45, 7) is 7.23. The Labute approximate surface area is 174 Å². The summed E-state index contributed by atoms with van der Waals surface area (Å²) >= 11 is 0. The Morgan fingerprint density at radius 2 is 1.81 bits per heavy atom. The molecule has 0 aliphatic heterocycles. The fourth-order valence-electron chi connectivity index (χ4n) is 2.10. The quantitative estimate of drug-likeness (QED) is 0.198. The van der Waals surface area contributed by atoms with E-state index in [-0.39, 0.29) is 36.4 Å². The van der Waals surface area contributed by atoms with E-state index in [2.05, 4.69) is 46.9 Å². The van der Waals surface area contributed by atoms with Crippen molar-refractivity contribution in [2.45, 2.75) is 26.7 Å². The number of hydrogen-bond donors (Lipinski definition) is 3. The van der Waals surface area contributed by atoms with Crippen LogP contribution in [-0.4, -0.2) is 51.8 Å². The van der Waals surface area contributed by atoms with Crippen molar-refractivity contribution in [3.05, 3.63) is 35.9 Å². The lowest BCUT2D eigenvalue weighted by molar-refractivity contribution is -0.119. The molecular formula is C19H33IN4O2. The monoisotopic (exact) mass is 476 g/mol. The number of guanidine groups is 1. The highest BCUT2D eigenvalue weighted by molar-refractivity contribution is 14.0. The minimum Gasteiger partial charge on any atom is -0.380 e. The van der Waals surface area contributed by atoms with Crippen LogP contribution in [0.15, 0.2) is 35.3 Å². The van der Waals surface area contributed by atoms with Gasteiger partial charge in [0.25, 0.3) is 0 Å². The van der Waals surface area contributed by atoms with E-state index >= 15 is 0 Å². The van der Waals surface area contributed by atoms with E-state index in [4.69, 9.17) is 4.74 Å². The van der Waals surface area contributed by atoms with Crippen LogP contribution in [0.5, 0.6) is 0 Å². The molecule has 1 rings (SSSR count). The summed E-state index contributed by atoms with van der Waals surface area (Å²) in [5.74, 6) is 1.21. The molecule has 0 atom stereocenters. The number of ether oxygens (including phenoxy) is 1. The van der Waals surface area contributed by atoms with Gasteiger partial charge in [0, 0.05) is 26.7 Å². The van der Waals surface area contributed by atoms with Gasteiger partial charge in [-0.2, -0.15) is 0 Å². The maximum atomic E-state index is 11.9. The lowest BCUT2D eigenvalue weighted by atomic mass is 10.1. The van der Waals surface area contributed by atoms with Gasteiger partial charge in [0.05, 0.1) is 13.2 Å². The second-order valence-electron chi connectivity index (χ2n) is 6.23. The predicted octanol–water partition coefficient (Wildman–Crippen LogP) is 2.19. The minimum absolute atomic E-state index is 0. The van der Waals surface area contributed by atoms with Gasteiger partial charge in [0.15, 0.2) is 5.96 Å². The largest absolute Gasteiger partial charge is 0.380 e. The first-order valence-corrected chi connectivity index (χ1v) is 8.94. The summed E-state index contributed by atoms with van der Waals surface area (Å²) < 4.78 is 5.54. The Balaban J connectivity index is 0.00000625. The maximum absolute atomic E-state index is 11.9. The van der Waals surface area contributed by atoms with Gasteiger partial charge in [-0.3, -0.25) is 9.79 Å². The fraction of sp³-hybridized carbons (Fsp3) is 0.579. The van der Waals surface area contributed by atoms with Crippen molar-refractivity contribution in [3.63, 3.8) is 0 Å². The van der Waals surface area contributed by atoms with E-state index < -0.39 is 0 Å². The van der Waals surface area contributed by atoms with Crippen LogP contribution in [-0.2, 0) is 16.0 Å². The highest BCUT2D eigenvalue weighted by Crippen LogP contribution is 1.98. The molecule has 26 heavy (non-hydrogen) atoms. The maximum Gasteiger partial charge on any atom is 0.239 e. The molecule has 0 unspecified atom stereocenters. The molecule has 1 aromatic carbocycles. The van der Waals surface area contributed by atoms with Crippen molar-refractivity contribution >= 4 is 35.8 Å². The van der Waals surface area contributed by atoms with Crippen LogP contribution in [0, 0.1) is 5.92 Å². The lowest BCUT2D eigenvalue weighted by Crippen LogP contribution is -2.44. The number of benzene rings is 1. The third kappa shape index (κ3) is 12.9. The summed E-state index contributed by atoms with van der Waals surface area (Å²) in [6, 6.07) is 10.1. The van der Waals surface area contributed by atoms with Crippen LogP contribution in [0.1, 0.15) is 25.8 Å². The van der Waals surface area contributed by atoms with Crippen LogP contribution in [0.25, 0.3) is 0 Å². The Bertz CT molecular complexity index is 510. The molecule has 7 heteroatoms. The number of carbonyl (C=O) groups excluding carboxylic acids is 1. The number of amides is 1. The summed E-state index contributed by atoms with van der Waals surface area (Å²) in [7, 11) is 1.68. The van der Waals surface area contributed by atoms with E-state index in [1.807, 2.05) is 18.2 Å². The van der Waals surface area contributed by atoms with Crippen LogP contribution < -0.4 is 16.0 Å². The molecule has 0 aliphatic carbocycles. The molecular weight excluding hydrogens is 443 g/mol. The molecule has 0 spiro atoms. The van der Waals surface area contributed by atoms with Crippen molar-refractivity contribution in [2.75, 3.05) is 39.9 Å². The molecule has 0 saturated heterocycles. The third-order valence-electron chi connectivity index (χ3n) is 3.60. The average molecular weight is 476 g/mol. The van der Waals surface area contributed by atoms with Gasteiger partial charge in [-0.15, -0.1) is 24.0 Å². The fourth-order valence-corrected chi connectivity index (χ4v) is 2.10. The van der Waals surface area contributed by atoms with E-state index in [1.165, 1.54) is 5.56 Å². The normalized spacial score (nSPS) is 11.0. The molecule has 0 aromatic heterocycles. The lowest BCUT2D eigenvalue weighted by Gasteiger charge is -2.12. The molecule has 3 N–H and O–H groups in total. The summed E-state index contributed by atoms with van der Waals surface area (Å²) in [6.07, 6.45) is 1.89. The van der Waals surface area contributed by atoms with Crippen molar-refractivity contribution in [2.24, 2.45) is 10.9 Å². The van der Waals surface area contributed by atoms with Gasteiger partial charge in [-0.25, -0.2) is 0 Å². The predicted molar refractivity (Wildman–Crippen MR) is 118 cm³/mol. The smallest absolute Gasteiger partial charge is 0.239 e. The van der Waals surface area contributed by atoms with Crippen molar-refractivity contribution in [1.82, 2.24) is 16.0 Å². The molecule has 0 heterocycles. The number of carbonyl (C=O) groups is 1. The van der Waals surface area contributed by atoms with Gasteiger partial charge in [-0.1, -0.05) is 44.2 Å². The number of halogens is 1. The number of nitrogens with one attached hydrogen (secondary N) is 3.